The van der Waals surface area contributed by atoms with Gasteiger partial charge in [0.1, 0.15) is 17.4 Å². The summed E-state index contributed by atoms with van der Waals surface area (Å²) in [5.41, 5.74) is 3.44. The minimum absolute atomic E-state index is 0.187. The van der Waals surface area contributed by atoms with Gasteiger partial charge in [0, 0.05) is 28.2 Å². The predicted molar refractivity (Wildman–Crippen MR) is 110 cm³/mol. The number of halogens is 1. The zero-order valence-corrected chi connectivity index (χ0v) is 16.9. The number of aromatic amines is 1. The number of aromatic nitrogens is 1. The van der Waals surface area contributed by atoms with Crippen molar-refractivity contribution in [3.05, 3.63) is 64.3 Å². The summed E-state index contributed by atoms with van der Waals surface area (Å²) in [6, 6.07) is 12.4. The maximum Gasteiger partial charge on any atom is 0.411 e. The molecular formula is C22H23ClN2O3. The fourth-order valence-electron chi connectivity index (χ4n) is 3.78. The van der Waals surface area contributed by atoms with Crippen LogP contribution < -0.4 is 0 Å². The highest BCUT2D eigenvalue weighted by molar-refractivity contribution is 6.31. The monoisotopic (exact) mass is 398 g/mol. The molecule has 0 spiro atoms. The zero-order valence-electron chi connectivity index (χ0n) is 16.1. The molecule has 3 aromatic rings. The Morgan fingerprint density at radius 3 is 2.61 bits per heavy atom. The maximum absolute atomic E-state index is 13.0. The molecule has 2 aromatic carbocycles. The summed E-state index contributed by atoms with van der Waals surface area (Å²) in [7, 11) is 0. The molecule has 5 nitrogen and oxygen atoms in total. The number of hydrogen-bond donors (Lipinski definition) is 2. The predicted octanol–water partition coefficient (Wildman–Crippen LogP) is 5.41. The third kappa shape index (κ3) is 3.42. The summed E-state index contributed by atoms with van der Waals surface area (Å²) in [5.74, 6) is 0.187. The summed E-state index contributed by atoms with van der Waals surface area (Å²) in [6.45, 7) is 6.12. The number of amides is 1. The standard InChI is InChI=1S/C22H23ClN2O3/c1-22(2,3)28-21(27)25-11-10-16-17-12-14(23)6-9-18(17)24-19(16)20(25)13-4-7-15(26)8-5-13/h4-9,12,20,24,26H,10-11H2,1-3H3. The number of rotatable bonds is 1. The van der Waals surface area contributed by atoms with Gasteiger partial charge in [-0.3, -0.25) is 4.90 Å². The lowest BCUT2D eigenvalue weighted by Crippen LogP contribution is -2.43. The number of aromatic hydroxyl groups is 1. The fraction of sp³-hybridized carbons (Fsp3) is 0.318. The third-order valence-corrected chi connectivity index (χ3v) is 5.16. The van der Waals surface area contributed by atoms with Gasteiger partial charge < -0.3 is 14.8 Å². The molecule has 1 aliphatic heterocycles. The number of nitrogens with one attached hydrogen (secondary N) is 1. The number of hydrogen-bond acceptors (Lipinski definition) is 3. The highest BCUT2D eigenvalue weighted by atomic mass is 35.5. The second-order valence-electron chi connectivity index (χ2n) is 8.12. The Bertz CT molecular complexity index is 1030. The number of carbonyl (C=O) groups excluding carboxylic acids is 1. The molecule has 4 rings (SSSR count). The lowest BCUT2D eigenvalue weighted by molar-refractivity contribution is 0.0175. The molecule has 0 radical (unpaired) electrons. The third-order valence-electron chi connectivity index (χ3n) is 4.93. The van der Waals surface area contributed by atoms with Crippen molar-refractivity contribution in [1.82, 2.24) is 9.88 Å². The topological polar surface area (TPSA) is 65.6 Å². The van der Waals surface area contributed by atoms with Gasteiger partial charge in [-0.25, -0.2) is 4.79 Å². The summed E-state index contributed by atoms with van der Waals surface area (Å²) in [5, 5.41) is 11.5. The van der Waals surface area contributed by atoms with E-state index in [1.54, 1.807) is 17.0 Å². The largest absolute Gasteiger partial charge is 0.508 e. The summed E-state index contributed by atoms with van der Waals surface area (Å²) in [4.78, 5) is 18.2. The van der Waals surface area contributed by atoms with Gasteiger partial charge >= 0.3 is 6.09 Å². The highest BCUT2D eigenvalue weighted by Crippen LogP contribution is 2.40. The average molecular weight is 399 g/mol. The molecule has 0 fully saturated rings. The van der Waals surface area contributed by atoms with E-state index in [-0.39, 0.29) is 17.9 Å². The molecule has 28 heavy (non-hydrogen) atoms. The van der Waals surface area contributed by atoms with E-state index in [0.29, 0.717) is 18.0 Å². The normalized spacial score (nSPS) is 16.9. The molecule has 0 saturated carbocycles. The molecule has 1 aliphatic rings. The second-order valence-corrected chi connectivity index (χ2v) is 8.56. The number of benzene rings is 2. The van der Waals surface area contributed by atoms with Crippen molar-refractivity contribution in [1.29, 1.82) is 0 Å². The van der Waals surface area contributed by atoms with Gasteiger partial charge in [0.25, 0.3) is 0 Å². The van der Waals surface area contributed by atoms with Crippen molar-refractivity contribution in [2.24, 2.45) is 0 Å². The van der Waals surface area contributed by atoms with Crippen molar-refractivity contribution in [2.75, 3.05) is 6.54 Å². The first-order chi connectivity index (χ1) is 13.2. The van der Waals surface area contributed by atoms with E-state index in [1.807, 2.05) is 51.1 Å². The van der Waals surface area contributed by atoms with Gasteiger partial charge in [0.15, 0.2) is 0 Å². The lowest BCUT2D eigenvalue weighted by atomic mass is 9.92. The molecule has 1 amide bonds. The van der Waals surface area contributed by atoms with Crippen LogP contribution in [0.4, 0.5) is 4.79 Å². The molecule has 1 aromatic heterocycles. The quantitative estimate of drug-likeness (QED) is 0.576. The molecular weight excluding hydrogens is 376 g/mol. The molecule has 146 valence electrons. The Kier molecular flexibility index (Phi) is 4.50. The van der Waals surface area contributed by atoms with Crippen LogP contribution in [0.2, 0.25) is 5.02 Å². The zero-order chi connectivity index (χ0) is 20.1. The smallest absolute Gasteiger partial charge is 0.411 e. The molecule has 0 bridgehead atoms. The van der Waals surface area contributed by atoms with Crippen molar-refractivity contribution >= 4 is 28.6 Å². The molecule has 0 aliphatic carbocycles. The van der Waals surface area contributed by atoms with Gasteiger partial charge in [0.05, 0.1) is 0 Å². The van der Waals surface area contributed by atoms with Crippen LogP contribution >= 0.6 is 11.6 Å². The first kappa shape index (κ1) is 18.7. The van der Waals surface area contributed by atoms with E-state index < -0.39 is 5.60 Å². The van der Waals surface area contributed by atoms with E-state index in [0.717, 1.165) is 27.7 Å². The number of nitrogens with zero attached hydrogens (tertiary/aromatic N) is 1. The number of phenolic OH excluding ortho intramolecular Hbond substituents is 1. The van der Waals surface area contributed by atoms with E-state index in [9.17, 15) is 9.90 Å². The minimum atomic E-state index is -0.579. The average Bonchev–Trinajstić information content (AvgIpc) is 2.98. The van der Waals surface area contributed by atoms with E-state index in [1.165, 1.54) is 0 Å². The number of carbonyl (C=O) groups is 1. The Labute approximate surface area is 168 Å². The van der Waals surface area contributed by atoms with Crippen LogP contribution in [0, 0.1) is 0 Å². The number of ether oxygens (including phenoxy) is 1. The molecule has 1 atom stereocenters. The van der Waals surface area contributed by atoms with Crippen molar-refractivity contribution in [3.63, 3.8) is 0 Å². The Balaban J connectivity index is 1.84. The van der Waals surface area contributed by atoms with Gasteiger partial charge in [0.2, 0.25) is 0 Å². The summed E-state index contributed by atoms with van der Waals surface area (Å²) >= 11 is 6.21. The molecule has 1 unspecified atom stereocenters. The Morgan fingerprint density at radius 2 is 1.93 bits per heavy atom. The highest BCUT2D eigenvalue weighted by Gasteiger charge is 2.36. The van der Waals surface area contributed by atoms with Gasteiger partial charge in [-0.05, 0) is 68.7 Å². The van der Waals surface area contributed by atoms with E-state index in [2.05, 4.69) is 4.98 Å². The summed E-state index contributed by atoms with van der Waals surface area (Å²) in [6.07, 6.45) is 0.358. The van der Waals surface area contributed by atoms with Crippen LogP contribution in [0.1, 0.15) is 43.6 Å². The molecule has 2 N–H and O–H groups in total. The number of phenols is 1. The van der Waals surface area contributed by atoms with Crippen molar-refractivity contribution in [2.45, 2.75) is 38.8 Å². The van der Waals surface area contributed by atoms with Crippen LogP contribution in [0.25, 0.3) is 10.9 Å². The van der Waals surface area contributed by atoms with Crippen LogP contribution in [-0.2, 0) is 11.2 Å². The van der Waals surface area contributed by atoms with E-state index >= 15 is 0 Å². The Hall–Kier alpha value is -2.66. The molecule has 2 heterocycles. The number of fused-ring (bicyclic) bond motifs is 3. The molecule has 6 heteroatoms. The van der Waals surface area contributed by atoms with Gasteiger partial charge in [-0.1, -0.05) is 23.7 Å². The number of H-pyrrole nitrogens is 1. The van der Waals surface area contributed by atoms with Crippen molar-refractivity contribution in [3.8, 4) is 5.75 Å². The van der Waals surface area contributed by atoms with Crippen molar-refractivity contribution < 1.29 is 14.6 Å². The van der Waals surface area contributed by atoms with Crippen LogP contribution in [0.5, 0.6) is 5.75 Å². The second kappa shape index (κ2) is 6.74. The van der Waals surface area contributed by atoms with Crippen LogP contribution in [0.15, 0.2) is 42.5 Å². The first-order valence-corrected chi connectivity index (χ1v) is 9.69. The van der Waals surface area contributed by atoms with E-state index in [4.69, 9.17) is 16.3 Å². The fourth-order valence-corrected chi connectivity index (χ4v) is 3.95. The summed E-state index contributed by atoms with van der Waals surface area (Å²) < 4.78 is 5.66. The minimum Gasteiger partial charge on any atom is -0.508 e. The SMILES string of the molecule is CC(C)(C)OC(=O)N1CCc2c([nH]c3ccc(Cl)cc23)C1c1ccc(O)cc1. The van der Waals surface area contributed by atoms with Gasteiger partial charge in [-0.2, -0.15) is 0 Å². The van der Waals surface area contributed by atoms with Crippen LogP contribution in [-0.4, -0.2) is 33.2 Å². The first-order valence-electron chi connectivity index (χ1n) is 9.31. The lowest BCUT2D eigenvalue weighted by Gasteiger charge is -2.37. The van der Waals surface area contributed by atoms with Gasteiger partial charge in [-0.15, -0.1) is 0 Å². The van der Waals surface area contributed by atoms with Crippen LogP contribution in [0.3, 0.4) is 0 Å². The molecule has 0 saturated heterocycles. The Morgan fingerprint density at radius 1 is 1.21 bits per heavy atom. The maximum atomic E-state index is 13.0.